The second-order valence-corrected chi connectivity index (χ2v) is 9.67. The van der Waals surface area contributed by atoms with Crippen LogP contribution in [-0.4, -0.2) is 18.9 Å². The molecular formula is C24H43FO. The summed E-state index contributed by atoms with van der Waals surface area (Å²) >= 11 is 0. The molecule has 1 nitrogen and oxygen atoms in total. The summed E-state index contributed by atoms with van der Waals surface area (Å²) in [6.45, 7) is 5.21. The van der Waals surface area contributed by atoms with E-state index in [1.54, 1.807) is 0 Å². The zero-order valence-electron chi connectivity index (χ0n) is 17.4. The van der Waals surface area contributed by atoms with Gasteiger partial charge in [-0.3, -0.25) is 0 Å². The maximum atomic E-state index is 15.1. The molecule has 3 atom stereocenters. The normalized spacial score (nSPS) is 41.9. The van der Waals surface area contributed by atoms with Crippen LogP contribution < -0.4 is 0 Å². The van der Waals surface area contributed by atoms with Gasteiger partial charge in [-0.2, -0.15) is 0 Å². The van der Waals surface area contributed by atoms with Crippen LogP contribution in [0.3, 0.4) is 0 Å². The fraction of sp³-hybridized carbons (Fsp3) is 1.00. The van der Waals surface area contributed by atoms with E-state index in [9.17, 15) is 0 Å². The van der Waals surface area contributed by atoms with Gasteiger partial charge < -0.3 is 4.74 Å². The highest BCUT2D eigenvalue weighted by Crippen LogP contribution is 2.47. The third-order valence-corrected chi connectivity index (χ3v) is 8.11. The summed E-state index contributed by atoms with van der Waals surface area (Å²) in [5.74, 6) is 3.49. The summed E-state index contributed by atoms with van der Waals surface area (Å²) in [6, 6.07) is 0. The highest BCUT2D eigenvalue weighted by molar-refractivity contribution is 4.90. The smallest absolute Gasteiger partial charge is 0.103 e. The van der Waals surface area contributed by atoms with Gasteiger partial charge in [-0.1, -0.05) is 39.0 Å². The van der Waals surface area contributed by atoms with Crippen LogP contribution >= 0.6 is 0 Å². The summed E-state index contributed by atoms with van der Waals surface area (Å²) in [5.41, 5.74) is 0. The molecule has 3 aliphatic carbocycles. The molecule has 3 unspecified atom stereocenters. The molecular weight excluding hydrogens is 323 g/mol. The van der Waals surface area contributed by atoms with Crippen molar-refractivity contribution in [1.29, 1.82) is 0 Å². The van der Waals surface area contributed by atoms with Gasteiger partial charge >= 0.3 is 0 Å². The Kier molecular flexibility index (Phi) is 8.28. The molecule has 26 heavy (non-hydrogen) atoms. The molecule has 0 aliphatic heterocycles. The summed E-state index contributed by atoms with van der Waals surface area (Å²) in [4.78, 5) is 0. The number of hydrogen-bond donors (Lipinski definition) is 0. The first kappa shape index (κ1) is 20.6. The van der Waals surface area contributed by atoms with Crippen molar-refractivity contribution < 1.29 is 9.13 Å². The molecule has 0 heterocycles. The fourth-order valence-corrected chi connectivity index (χ4v) is 6.49. The molecule has 152 valence electrons. The van der Waals surface area contributed by atoms with Crippen molar-refractivity contribution in [2.75, 3.05) is 6.61 Å². The first-order valence-electron chi connectivity index (χ1n) is 12.0. The number of unbranched alkanes of at least 4 members (excludes halogenated alkanes) is 1. The van der Waals surface area contributed by atoms with Crippen molar-refractivity contribution in [2.45, 2.75) is 116 Å². The van der Waals surface area contributed by atoms with Crippen LogP contribution in [0.15, 0.2) is 0 Å². The molecule has 3 saturated carbocycles. The average Bonchev–Trinajstić information content (AvgIpc) is 2.68. The Hall–Kier alpha value is -0.110. The van der Waals surface area contributed by atoms with E-state index in [0.717, 1.165) is 44.1 Å². The lowest BCUT2D eigenvalue weighted by atomic mass is 9.64. The summed E-state index contributed by atoms with van der Waals surface area (Å²) in [6.07, 6.45) is 17.8. The third-order valence-electron chi connectivity index (χ3n) is 8.11. The van der Waals surface area contributed by atoms with E-state index in [2.05, 4.69) is 13.8 Å². The number of halogens is 1. The largest absolute Gasteiger partial charge is 0.379 e. The zero-order valence-corrected chi connectivity index (χ0v) is 17.4. The van der Waals surface area contributed by atoms with Crippen LogP contribution in [0.2, 0.25) is 0 Å². The molecule has 0 aromatic carbocycles. The van der Waals surface area contributed by atoms with E-state index in [1.807, 2.05) is 0 Å². The lowest BCUT2D eigenvalue weighted by Gasteiger charge is -2.43. The Morgan fingerprint density at radius 2 is 1.42 bits per heavy atom. The molecule has 0 bridgehead atoms. The van der Waals surface area contributed by atoms with Gasteiger partial charge in [-0.25, -0.2) is 4.39 Å². The first-order valence-corrected chi connectivity index (χ1v) is 12.0. The second kappa shape index (κ2) is 10.4. The van der Waals surface area contributed by atoms with Gasteiger partial charge in [0.15, 0.2) is 0 Å². The first-order chi connectivity index (χ1) is 12.7. The molecule has 3 rings (SSSR count). The van der Waals surface area contributed by atoms with Gasteiger partial charge in [0.05, 0.1) is 6.10 Å². The predicted molar refractivity (Wildman–Crippen MR) is 108 cm³/mol. The highest BCUT2D eigenvalue weighted by Gasteiger charge is 2.40. The minimum atomic E-state index is -0.528. The minimum absolute atomic E-state index is 0.356. The number of ether oxygens (including phenoxy) is 1. The molecule has 3 fully saturated rings. The molecule has 0 amide bonds. The molecule has 0 spiro atoms. The Bertz CT molecular complexity index is 382. The van der Waals surface area contributed by atoms with Crippen molar-refractivity contribution in [1.82, 2.24) is 0 Å². The van der Waals surface area contributed by atoms with Gasteiger partial charge in [-0.15, -0.1) is 0 Å². The number of rotatable bonds is 7. The van der Waals surface area contributed by atoms with Crippen molar-refractivity contribution >= 4 is 0 Å². The van der Waals surface area contributed by atoms with E-state index < -0.39 is 6.17 Å². The maximum Gasteiger partial charge on any atom is 0.103 e. The Labute approximate surface area is 161 Å². The SMILES string of the molecule is CCCCC1CCC(C2CCC(C3CCC(OCC)CC3)C(F)C2)CC1. The molecule has 0 radical (unpaired) electrons. The highest BCUT2D eigenvalue weighted by atomic mass is 19.1. The molecule has 3 aliphatic rings. The topological polar surface area (TPSA) is 9.23 Å². The third kappa shape index (κ3) is 5.46. The van der Waals surface area contributed by atoms with Gasteiger partial charge in [0.2, 0.25) is 0 Å². The standard InChI is InChI=1S/C24H43FO/c1-3-5-6-18-7-9-19(10-8-18)21-13-16-23(24(25)17-21)20-11-14-22(15-12-20)26-4-2/h18-24H,3-17H2,1-2H3. The van der Waals surface area contributed by atoms with Crippen LogP contribution in [-0.2, 0) is 4.74 Å². The molecule has 2 heteroatoms. The van der Waals surface area contributed by atoms with Crippen molar-refractivity contribution in [3.8, 4) is 0 Å². The van der Waals surface area contributed by atoms with E-state index in [-0.39, 0.29) is 0 Å². The van der Waals surface area contributed by atoms with E-state index in [4.69, 9.17) is 4.74 Å². The number of alkyl halides is 1. The minimum Gasteiger partial charge on any atom is -0.379 e. The van der Waals surface area contributed by atoms with Crippen LogP contribution in [0.25, 0.3) is 0 Å². The van der Waals surface area contributed by atoms with Crippen molar-refractivity contribution in [3.63, 3.8) is 0 Å². The van der Waals surface area contributed by atoms with Crippen LogP contribution in [0.4, 0.5) is 4.39 Å². The quantitative estimate of drug-likeness (QED) is 0.458. The lowest BCUT2D eigenvalue weighted by molar-refractivity contribution is -0.00723. The van der Waals surface area contributed by atoms with Gasteiger partial charge in [0.25, 0.3) is 0 Å². The van der Waals surface area contributed by atoms with Gasteiger partial charge in [0, 0.05) is 6.61 Å². The van der Waals surface area contributed by atoms with Gasteiger partial charge in [-0.05, 0) is 94.3 Å². The van der Waals surface area contributed by atoms with Crippen LogP contribution in [0.1, 0.15) is 104 Å². The van der Waals surface area contributed by atoms with Crippen LogP contribution in [0, 0.1) is 29.6 Å². The predicted octanol–water partition coefficient (Wildman–Crippen LogP) is 7.33. The van der Waals surface area contributed by atoms with E-state index in [1.165, 1.54) is 64.2 Å². The van der Waals surface area contributed by atoms with E-state index in [0.29, 0.717) is 23.9 Å². The second-order valence-electron chi connectivity index (χ2n) is 9.67. The molecule has 0 saturated heterocycles. The Balaban J connectivity index is 1.40. The molecule has 0 aromatic rings. The fourth-order valence-electron chi connectivity index (χ4n) is 6.49. The zero-order chi connectivity index (χ0) is 18.4. The monoisotopic (exact) mass is 366 g/mol. The average molecular weight is 367 g/mol. The lowest BCUT2D eigenvalue weighted by Crippen LogP contribution is -2.37. The summed E-state index contributed by atoms with van der Waals surface area (Å²) < 4.78 is 20.9. The van der Waals surface area contributed by atoms with Crippen LogP contribution in [0.5, 0.6) is 0 Å². The Morgan fingerprint density at radius 3 is 2.04 bits per heavy atom. The Morgan fingerprint density at radius 1 is 0.769 bits per heavy atom. The summed E-state index contributed by atoms with van der Waals surface area (Å²) in [7, 11) is 0. The van der Waals surface area contributed by atoms with E-state index >= 15 is 4.39 Å². The molecule has 0 N–H and O–H groups in total. The number of hydrogen-bond acceptors (Lipinski definition) is 1. The van der Waals surface area contributed by atoms with Gasteiger partial charge in [0.1, 0.15) is 6.17 Å². The van der Waals surface area contributed by atoms with Crippen molar-refractivity contribution in [2.24, 2.45) is 29.6 Å². The summed E-state index contributed by atoms with van der Waals surface area (Å²) in [5, 5.41) is 0. The van der Waals surface area contributed by atoms with Crippen molar-refractivity contribution in [3.05, 3.63) is 0 Å². The maximum absolute atomic E-state index is 15.1. The molecule has 0 aromatic heterocycles.